The van der Waals surface area contributed by atoms with Crippen molar-refractivity contribution in [1.29, 1.82) is 0 Å². The number of sulfonamides is 1. The summed E-state index contributed by atoms with van der Waals surface area (Å²) in [5.41, 5.74) is 0.490. The first-order valence-electron chi connectivity index (χ1n) is 8.32. The summed E-state index contributed by atoms with van der Waals surface area (Å²) in [6.45, 7) is 0. The number of hydrogen-bond donors (Lipinski definition) is 2. The summed E-state index contributed by atoms with van der Waals surface area (Å²) in [7, 11) is -2.49. The molecule has 29 heavy (non-hydrogen) atoms. The van der Waals surface area contributed by atoms with Gasteiger partial charge in [0.2, 0.25) is 0 Å². The highest BCUT2D eigenvalue weighted by Crippen LogP contribution is 2.26. The molecule has 0 saturated heterocycles. The smallest absolute Gasteiger partial charge is 0.262 e. The molecule has 0 heterocycles. The zero-order chi connectivity index (χ0) is 21.0. The van der Waals surface area contributed by atoms with Crippen molar-refractivity contribution in [1.82, 2.24) is 0 Å². The van der Waals surface area contributed by atoms with Gasteiger partial charge in [-0.25, -0.2) is 17.2 Å². The van der Waals surface area contributed by atoms with E-state index >= 15 is 0 Å². The lowest BCUT2D eigenvalue weighted by Gasteiger charge is -2.12. The van der Waals surface area contributed by atoms with Gasteiger partial charge in [-0.2, -0.15) is 0 Å². The normalized spacial score (nSPS) is 11.0. The van der Waals surface area contributed by atoms with Crippen molar-refractivity contribution in [3.63, 3.8) is 0 Å². The lowest BCUT2D eigenvalue weighted by atomic mass is 10.2. The summed E-state index contributed by atoms with van der Waals surface area (Å²) >= 11 is 0. The number of amides is 1. The van der Waals surface area contributed by atoms with Gasteiger partial charge in [-0.05, 0) is 48.5 Å². The van der Waals surface area contributed by atoms with Crippen LogP contribution in [0.4, 0.5) is 20.2 Å². The van der Waals surface area contributed by atoms with Crippen molar-refractivity contribution in [2.45, 2.75) is 4.90 Å². The Labute approximate surface area is 166 Å². The molecule has 3 aromatic carbocycles. The van der Waals surface area contributed by atoms with Gasteiger partial charge in [-0.15, -0.1) is 0 Å². The van der Waals surface area contributed by atoms with Gasteiger partial charge < -0.3 is 10.1 Å². The lowest BCUT2D eigenvalue weighted by Crippen LogP contribution is -2.15. The van der Waals surface area contributed by atoms with Crippen molar-refractivity contribution in [3.05, 3.63) is 83.9 Å². The third-order valence-electron chi connectivity index (χ3n) is 3.96. The van der Waals surface area contributed by atoms with E-state index in [1.807, 2.05) is 0 Å². The molecular weight excluding hydrogens is 402 g/mol. The Bertz CT molecular complexity index is 1150. The highest BCUT2D eigenvalue weighted by Gasteiger charge is 2.17. The molecule has 0 aliphatic heterocycles. The summed E-state index contributed by atoms with van der Waals surface area (Å²) < 4.78 is 58.9. The van der Waals surface area contributed by atoms with Gasteiger partial charge in [0.15, 0.2) is 11.6 Å². The Morgan fingerprint density at radius 3 is 2.28 bits per heavy atom. The van der Waals surface area contributed by atoms with Crippen LogP contribution in [0.2, 0.25) is 0 Å². The summed E-state index contributed by atoms with van der Waals surface area (Å²) in [4.78, 5) is 12.2. The summed E-state index contributed by atoms with van der Waals surface area (Å²) in [5, 5.41) is 2.41. The van der Waals surface area contributed by atoms with Crippen LogP contribution < -0.4 is 14.8 Å². The number of para-hydroxylation sites is 2. The van der Waals surface area contributed by atoms with Crippen molar-refractivity contribution >= 4 is 27.3 Å². The monoisotopic (exact) mass is 418 g/mol. The molecule has 0 aromatic heterocycles. The maximum Gasteiger partial charge on any atom is 0.262 e. The van der Waals surface area contributed by atoms with Gasteiger partial charge in [0.1, 0.15) is 5.75 Å². The minimum atomic E-state index is -3.91. The molecule has 0 fully saturated rings. The number of carbonyl (C=O) groups excluding carboxylic acids is 1. The minimum absolute atomic E-state index is 0.0622. The fourth-order valence-electron chi connectivity index (χ4n) is 2.50. The molecule has 3 aromatic rings. The average molecular weight is 418 g/mol. The Kier molecular flexibility index (Phi) is 5.79. The number of benzene rings is 3. The molecule has 0 spiro atoms. The molecule has 0 aliphatic carbocycles. The molecule has 0 bridgehead atoms. The molecule has 3 rings (SSSR count). The van der Waals surface area contributed by atoms with Gasteiger partial charge in [0, 0.05) is 17.3 Å². The molecule has 1 amide bonds. The molecule has 0 atom stereocenters. The highest BCUT2D eigenvalue weighted by molar-refractivity contribution is 7.92. The van der Waals surface area contributed by atoms with E-state index in [0.29, 0.717) is 5.75 Å². The van der Waals surface area contributed by atoms with E-state index in [1.54, 1.807) is 24.3 Å². The second-order valence-electron chi connectivity index (χ2n) is 5.91. The zero-order valence-electron chi connectivity index (χ0n) is 15.1. The molecule has 0 saturated carbocycles. The van der Waals surface area contributed by atoms with E-state index in [-0.39, 0.29) is 21.8 Å². The van der Waals surface area contributed by atoms with E-state index in [0.717, 1.165) is 12.1 Å². The Hall–Kier alpha value is -3.46. The number of ether oxygens (including phenoxy) is 1. The van der Waals surface area contributed by atoms with Gasteiger partial charge in [-0.1, -0.05) is 12.1 Å². The molecule has 6 nitrogen and oxygen atoms in total. The molecular formula is C20H16F2N2O4S. The topological polar surface area (TPSA) is 84.5 Å². The van der Waals surface area contributed by atoms with E-state index in [9.17, 15) is 22.0 Å². The Morgan fingerprint density at radius 1 is 0.931 bits per heavy atom. The molecule has 0 unspecified atom stereocenters. The molecule has 0 aliphatic rings. The summed E-state index contributed by atoms with van der Waals surface area (Å²) in [5.74, 6) is -2.36. The van der Waals surface area contributed by atoms with Crippen molar-refractivity contribution in [3.8, 4) is 5.75 Å². The van der Waals surface area contributed by atoms with Crippen LogP contribution in [-0.2, 0) is 10.0 Å². The van der Waals surface area contributed by atoms with E-state index in [2.05, 4.69) is 10.0 Å². The third-order valence-corrected chi connectivity index (χ3v) is 5.34. The van der Waals surface area contributed by atoms with Crippen LogP contribution >= 0.6 is 0 Å². The second kappa shape index (κ2) is 8.27. The van der Waals surface area contributed by atoms with Gasteiger partial charge in [0.25, 0.3) is 15.9 Å². The van der Waals surface area contributed by atoms with Crippen molar-refractivity contribution < 1.29 is 26.7 Å². The maximum atomic E-state index is 13.2. The molecule has 2 N–H and O–H groups in total. The van der Waals surface area contributed by atoms with E-state index in [1.165, 1.54) is 37.4 Å². The predicted molar refractivity (Wildman–Crippen MR) is 105 cm³/mol. The number of halogens is 2. The minimum Gasteiger partial charge on any atom is -0.495 e. The van der Waals surface area contributed by atoms with Crippen LogP contribution in [0.15, 0.2) is 71.6 Å². The number of carbonyl (C=O) groups is 1. The average Bonchev–Trinajstić information content (AvgIpc) is 2.71. The quantitative estimate of drug-likeness (QED) is 0.633. The van der Waals surface area contributed by atoms with Gasteiger partial charge in [-0.3, -0.25) is 9.52 Å². The predicted octanol–water partition coefficient (Wildman–Crippen LogP) is 4.03. The fraction of sp³-hybridized carbons (Fsp3) is 0.0500. The number of hydrogen-bond acceptors (Lipinski definition) is 4. The summed E-state index contributed by atoms with van der Waals surface area (Å²) in [6, 6.07) is 14.6. The second-order valence-corrected chi connectivity index (χ2v) is 7.60. The van der Waals surface area contributed by atoms with Gasteiger partial charge >= 0.3 is 0 Å². The van der Waals surface area contributed by atoms with Crippen LogP contribution in [0, 0.1) is 11.6 Å². The standard InChI is InChI=1S/C20H16F2N2O4S/c1-28-19-5-3-2-4-18(19)24-29(26,27)15-9-6-13(7-10-15)20(25)23-14-8-11-16(21)17(22)12-14/h2-12,24H,1H3,(H,23,25). The van der Waals surface area contributed by atoms with Gasteiger partial charge in [0.05, 0.1) is 17.7 Å². The first kappa shape index (κ1) is 20.3. The van der Waals surface area contributed by atoms with E-state index in [4.69, 9.17) is 4.74 Å². The Morgan fingerprint density at radius 2 is 1.62 bits per heavy atom. The Balaban J connectivity index is 1.76. The van der Waals surface area contributed by atoms with Crippen LogP contribution in [0.3, 0.4) is 0 Å². The molecule has 9 heteroatoms. The third kappa shape index (κ3) is 4.69. The van der Waals surface area contributed by atoms with Crippen LogP contribution in [0.25, 0.3) is 0 Å². The number of methoxy groups -OCH3 is 1. The fourth-order valence-corrected chi connectivity index (χ4v) is 3.57. The highest BCUT2D eigenvalue weighted by atomic mass is 32.2. The lowest BCUT2D eigenvalue weighted by molar-refractivity contribution is 0.102. The zero-order valence-corrected chi connectivity index (χ0v) is 16.0. The van der Waals surface area contributed by atoms with Crippen LogP contribution in [0.5, 0.6) is 5.75 Å². The largest absolute Gasteiger partial charge is 0.495 e. The molecule has 150 valence electrons. The van der Waals surface area contributed by atoms with Crippen LogP contribution in [-0.4, -0.2) is 21.4 Å². The number of anilines is 2. The maximum absolute atomic E-state index is 13.2. The number of nitrogens with one attached hydrogen (secondary N) is 2. The first-order valence-corrected chi connectivity index (χ1v) is 9.81. The van der Waals surface area contributed by atoms with Crippen molar-refractivity contribution in [2.75, 3.05) is 17.1 Å². The van der Waals surface area contributed by atoms with Crippen molar-refractivity contribution in [2.24, 2.45) is 0 Å². The SMILES string of the molecule is COc1ccccc1NS(=O)(=O)c1ccc(C(=O)Nc2ccc(F)c(F)c2)cc1. The number of rotatable bonds is 6. The summed E-state index contributed by atoms with van der Waals surface area (Å²) in [6.07, 6.45) is 0. The van der Waals surface area contributed by atoms with E-state index < -0.39 is 27.6 Å². The first-order chi connectivity index (χ1) is 13.8. The van der Waals surface area contributed by atoms with Crippen LogP contribution in [0.1, 0.15) is 10.4 Å². The molecule has 0 radical (unpaired) electrons.